The van der Waals surface area contributed by atoms with Crippen LogP contribution in [0.1, 0.15) is 12.5 Å². The Bertz CT molecular complexity index is 1300. The summed E-state index contributed by atoms with van der Waals surface area (Å²) in [6.45, 7) is 8.93. The number of pyridine rings is 1. The van der Waals surface area contributed by atoms with E-state index in [2.05, 4.69) is 65.3 Å². The number of hydrogen-bond donors (Lipinski definition) is 0. The highest BCUT2D eigenvalue weighted by atomic mass is 16.5. The Morgan fingerprint density at radius 2 is 1.59 bits per heavy atom. The van der Waals surface area contributed by atoms with Gasteiger partial charge in [0.1, 0.15) is 12.4 Å². The molecule has 0 aliphatic carbocycles. The summed E-state index contributed by atoms with van der Waals surface area (Å²) >= 11 is 0. The topological polar surface area (TPSA) is 47.1 Å². The van der Waals surface area contributed by atoms with E-state index in [0.29, 0.717) is 31.3 Å². The Balaban J connectivity index is 1.31. The van der Waals surface area contributed by atoms with Gasteiger partial charge in [-0.15, -0.1) is 0 Å². The molecule has 6 heteroatoms. The van der Waals surface area contributed by atoms with E-state index in [9.17, 15) is 0 Å². The van der Waals surface area contributed by atoms with E-state index in [4.69, 9.17) is 19.2 Å². The highest BCUT2D eigenvalue weighted by Gasteiger charge is 2.20. The zero-order valence-electron chi connectivity index (χ0n) is 21.7. The third-order valence-electron chi connectivity index (χ3n) is 6.90. The van der Waals surface area contributed by atoms with Crippen molar-refractivity contribution in [1.82, 2.24) is 9.88 Å². The molecule has 1 aromatic heterocycles. The molecule has 0 amide bonds. The maximum absolute atomic E-state index is 5.98. The quantitative estimate of drug-likeness (QED) is 0.264. The van der Waals surface area contributed by atoms with Crippen LogP contribution in [0.4, 0.5) is 5.82 Å². The third kappa shape index (κ3) is 6.04. The summed E-state index contributed by atoms with van der Waals surface area (Å²) in [7, 11) is 1.67. The van der Waals surface area contributed by atoms with Crippen molar-refractivity contribution in [1.29, 1.82) is 0 Å². The first kappa shape index (κ1) is 25.1. The molecule has 0 atom stereocenters. The van der Waals surface area contributed by atoms with Crippen LogP contribution in [-0.4, -0.2) is 62.9 Å². The first-order valence-electron chi connectivity index (χ1n) is 13.0. The second kappa shape index (κ2) is 12.1. The number of methoxy groups -OCH3 is 1. The van der Waals surface area contributed by atoms with Gasteiger partial charge in [-0.2, -0.15) is 0 Å². The normalized spacial score (nSPS) is 14.2. The second-order valence-corrected chi connectivity index (χ2v) is 9.23. The lowest BCUT2D eigenvalue weighted by Crippen LogP contribution is -2.46. The molecule has 0 bridgehead atoms. The molecule has 0 unspecified atom stereocenters. The van der Waals surface area contributed by atoms with Crippen LogP contribution in [0.15, 0.2) is 78.9 Å². The summed E-state index contributed by atoms with van der Waals surface area (Å²) < 4.78 is 17.4. The molecule has 1 fully saturated rings. The predicted octanol–water partition coefficient (Wildman–Crippen LogP) is 5.65. The molecule has 1 aliphatic rings. The molecule has 0 saturated carbocycles. The fourth-order valence-electron chi connectivity index (χ4n) is 4.77. The Hall–Kier alpha value is -3.61. The molecule has 6 nitrogen and oxygen atoms in total. The smallest absolute Gasteiger partial charge is 0.161 e. The van der Waals surface area contributed by atoms with Gasteiger partial charge in [0.25, 0.3) is 0 Å². The first-order valence-corrected chi connectivity index (χ1v) is 13.0. The average Bonchev–Trinajstić information content (AvgIpc) is 2.97. The zero-order chi connectivity index (χ0) is 25.5. The van der Waals surface area contributed by atoms with Crippen molar-refractivity contribution in [2.75, 3.05) is 57.9 Å². The van der Waals surface area contributed by atoms with E-state index in [-0.39, 0.29) is 0 Å². The molecule has 2 heterocycles. The maximum atomic E-state index is 5.98. The molecule has 0 radical (unpaired) electrons. The Morgan fingerprint density at radius 1 is 0.811 bits per heavy atom. The van der Waals surface area contributed by atoms with Crippen LogP contribution < -0.4 is 14.4 Å². The van der Waals surface area contributed by atoms with Gasteiger partial charge in [-0.05, 0) is 41.8 Å². The molecule has 37 heavy (non-hydrogen) atoms. The molecule has 0 N–H and O–H groups in total. The minimum atomic E-state index is 0.449. The van der Waals surface area contributed by atoms with Gasteiger partial charge >= 0.3 is 0 Å². The molecule has 192 valence electrons. The predicted molar refractivity (Wildman–Crippen MR) is 150 cm³/mol. The number of aromatic nitrogens is 1. The fourth-order valence-corrected chi connectivity index (χ4v) is 4.77. The second-order valence-electron chi connectivity index (χ2n) is 9.23. The van der Waals surface area contributed by atoms with Gasteiger partial charge in [-0.25, -0.2) is 4.98 Å². The molecule has 1 saturated heterocycles. The first-order chi connectivity index (χ1) is 18.2. The minimum Gasteiger partial charge on any atom is -0.493 e. The molecule has 3 aromatic carbocycles. The number of piperazine rings is 1. The van der Waals surface area contributed by atoms with E-state index >= 15 is 0 Å². The van der Waals surface area contributed by atoms with E-state index in [1.807, 2.05) is 30.3 Å². The number of benzene rings is 3. The minimum absolute atomic E-state index is 0.449. The fraction of sp³-hybridized carbons (Fsp3) is 0.323. The van der Waals surface area contributed by atoms with E-state index in [0.717, 1.165) is 55.4 Å². The molecule has 4 aromatic rings. The number of hydrogen-bond acceptors (Lipinski definition) is 6. The Labute approximate surface area is 219 Å². The maximum Gasteiger partial charge on any atom is 0.161 e. The molecule has 0 spiro atoms. The van der Waals surface area contributed by atoms with Crippen molar-refractivity contribution in [3.05, 3.63) is 84.4 Å². The van der Waals surface area contributed by atoms with Gasteiger partial charge in [0.15, 0.2) is 11.5 Å². The van der Waals surface area contributed by atoms with E-state index in [1.54, 1.807) is 7.11 Å². The van der Waals surface area contributed by atoms with Crippen LogP contribution in [0, 0.1) is 0 Å². The van der Waals surface area contributed by atoms with Crippen LogP contribution >= 0.6 is 0 Å². The summed E-state index contributed by atoms with van der Waals surface area (Å²) in [6, 6.07) is 26.8. The molecular weight excluding hydrogens is 462 g/mol. The highest BCUT2D eigenvalue weighted by molar-refractivity contribution is 5.95. The zero-order valence-corrected chi connectivity index (χ0v) is 21.7. The van der Waals surface area contributed by atoms with Crippen molar-refractivity contribution in [3.8, 4) is 22.8 Å². The third-order valence-corrected chi connectivity index (χ3v) is 6.90. The van der Waals surface area contributed by atoms with Crippen molar-refractivity contribution < 1.29 is 14.2 Å². The SMILES string of the molecule is CCN1CCN(c2nc(-c3ccc(OCCOCc4ccccc4)c(OC)c3)cc3ccccc23)CC1. The van der Waals surface area contributed by atoms with Gasteiger partial charge in [-0.3, -0.25) is 0 Å². The lowest BCUT2D eigenvalue weighted by Gasteiger charge is -2.35. The van der Waals surface area contributed by atoms with E-state index in [1.165, 1.54) is 10.8 Å². The van der Waals surface area contributed by atoms with Gasteiger partial charge < -0.3 is 24.0 Å². The summed E-state index contributed by atoms with van der Waals surface area (Å²) in [5.41, 5.74) is 3.09. The molecule has 5 rings (SSSR count). The molecular formula is C31H35N3O3. The summed E-state index contributed by atoms with van der Waals surface area (Å²) in [5.74, 6) is 2.44. The Kier molecular flexibility index (Phi) is 8.18. The summed E-state index contributed by atoms with van der Waals surface area (Å²) in [6.07, 6.45) is 0. The van der Waals surface area contributed by atoms with Gasteiger partial charge in [0.05, 0.1) is 26.0 Å². The lowest BCUT2D eigenvalue weighted by molar-refractivity contribution is 0.0880. The van der Waals surface area contributed by atoms with Crippen LogP contribution in [0.3, 0.4) is 0 Å². The van der Waals surface area contributed by atoms with Crippen molar-refractivity contribution in [2.45, 2.75) is 13.5 Å². The van der Waals surface area contributed by atoms with Crippen molar-refractivity contribution >= 4 is 16.6 Å². The number of likely N-dealkylation sites (N-methyl/N-ethyl adjacent to an activating group) is 1. The van der Waals surface area contributed by atoms with Crippen LogP contribution in [-0.2, 0) is 11.3 Å². The monoisotopic (exact) mass is 497 g/mol. The van der Waals surface area contributed by atoms with Gasteiger partial charge in [-0.1, -0.05) is 61.5 Å². The van der Waals surface area contributed by atoms with Gasteiger partial charge in [0.2, 0.25) is 0 Å². The summed E-state index contributed by atoms with van der Waals surface area (Å²) in [5, 5.41) is 2.38. The van der Waals surface area contributed by atoms with Gasteiger partial charge in [0, 0.05) is 37.1 Å². The van der Waals surface area contributed by atoms with Crippen molar-refractivity contribution in [2.24, 2.45) is 0 Å². The highest BCUT2D eigenvalue weighted by Crippen LogP contribution is 2.35. The van der Waals surface area contributed by atoms with Crippen LogP contribution in [0.2, 0.25) is 0 Å². The lowest BCUT2D eigenvalue weighted by atomic mass is 10.1. The Morgan fingerprint density at radius 3 is 2.38 bits per heavy atom. The largest absolute Gasteiger partial charge is 0.493 e. The van der Waals surface area contributed by atoms with Crippen LogP contribution in [0.25, 0.3) is 22.0 Å². The number of nitrogens with zero attached hydrogens (tertiary/aromatic N) is 3. The number of anilines is 1. The molecule has 1 aliphatic heterocycles. The van der Waals surface area contributed by atoms with Crippen molar-refractivity contribution in [3.63, 3.8) is 0 Å². The number of fused-ring (bicyclic) bond motifs is 1. The van der Waals surface area contributed by atoms with Crippen LogP contribution in [0.5, 0.6) is 11.5 Å². The summed E-state index contributed by atoms with van der Waals surface area (Å²) in [4.78, 5) is 10.1. The average molecular weight is 498 g/mol. The number of rotatable bonds is 10. The number of ether oxygens (including phenoxy) is 3. The van der Waals surface area contributed by atoms with E-state index < -0.39 is 0 Å². The standard InChI is InChI=1S/C31H35N3O3/c1-3-33-15-17-34(18-16-33)31-27-12-8-7-11-25(27)21-28(32-31)26-13-14-29(30(22-26)35-2)37-20-19-36-23-24-9-5-4-6-10-24/h4-14,21-22H,3,15-20,23H2,1-2H3.